The summed E-state index contributed by atoms with van der Waals surface area (Å²) in [5.41, 5.74) is 1.62. The Kier molecular flexibility index (Phi) is 9.09. The van der Waals surface area contributed by atoms with E-state index < -0.39 is 6.04 Å². The van der Waals surface area contributed by atoms with Crippen molar-refractivity contribution in [2.24, 2.45) is 5.92 Å². The average Bonchev–Trinajstić information content (AvgIpc) is 2.87. The molecule has 3 aromatic carbocycles. The number of nitrogens with one attached hydrogen (secondary N) is 1. The number of hydrogen-bond acceptors (Lipinski definition) is 4. The number of amides is 2. The molecule has 3 rings (SSSR count). The van der Waals surface area contributed by atoms with Crippen molar-refractivity contribution in [2.75, 3.05) is 20.3 Å². The zero-order valence-electron chi connectivity index (χ0n) is 19.9. The molecule has 0 saturated carbocycles. The second-order valence-corrected chi connectivity index (χ2v) is 8.42. The number of benzene rings is 3. The zero-order valence-corrected chi connectivity index (χ0v) is 19.9. The minimum atomic E-state index is -0.797. The molecule has 0 aliphatic rings. The first kappa shape index (κ1) is 24.8. The van der Waals surface area contributed by atoms with Crippen molar-refractivity contribution >= 4 is 11.8 Å². The number of carbonyl (C=O) groups is 2. The van der Waals surface area contributed by atoms with Crippen LogP contribution in [0.4, 0.5) is 0 Å². The summed E-state index contributed by atoms with van der Waals surface area (Å²) in [6.07, 6.45) is 0. The largest absolute Gasteiger partial charge is 0.497 e. The fourth-order valence-electron chi connectivity index (χ4n) is 3.51. The van der Waals surface area contributed by atoms with E-state index in [1.54, 1.807) is 24.1 Å². The summed E-state index contributed by atoms with van der Waals surface area (Å²) in [5.74, 6) is 1.10. The summed E-state index contributed by atoms with van der Waals surface area (Å²) in [7, 11) is 1.61. The van der Waals surface area contributed by atoms with Crippen LogP contribution in [0.5, 0.6) is 11.5 Å². The lowest BCUT2D eigenvalue weighted by Gasteiger charge is -2.32. The molecule has 1 N–H and O–H groups in total. The van der Waals surface area contributed by atoms with Gasteiger partial charge in [-0.1, -0.05) is 74.5 Å². The van der Waals surface area contributed by atoms with Crippen LogP contribution in [0.25, 0.3) is 0 Å². The molecular formula is C28H32N2O4. The van der Waals surface area contributed by atoms with Crippen LogP contribution in [0.15, 0.2) is 84.9 Å². The normalized spacial score (nSPS) is 11.5. The highest BCUT2D eigenvalue weighted by Gasteiger charge is 2.31. The van der Waals surface area contributed by atoms with E-state index in [9.17, 15) is 9.59 Å². The minimum absolute atomic E-state index is 0.180. The van der Waals surface area contributed by atoms with Gasteiger partial charge in [-0.15, -0.1) is 0 Å². The number of hydrogen-bond donors (Lipinski definition) is 1. The van der Waals surface area contributed by atoms with Crippen molar-refractivity contribution in [1.29, 1.82) is 0 Å². The Labute approximate surface area is 201 Å². The number of ether oxygens (including phenoxy) is 2. The number of para-hydroxylation sites is 1. The smallest absolute Gasteiger partial charge is 0.261 e. The second kappa shape index (κ2) is 12.4. The Bertz CT molecular complexity index is 1040. The van der Waals surface area contributed by atoms with Crippen LogP contribution in [0, 0.1) is 5.92 Å². The van der Waals surface area contributed by atoms with E-state index in [1.165, 1.54) is 0 Å². The molecule has 0 aromatic heterocycles. The molecule has 0 saturated heterocycles. The molecule has 0 aliphatic carbocycles. The molecule has 0 bridgehead atoms. The lowest BCUT2D eigenvalue weighted by molar-refractivity contribution is -0.143. The van der Waals surface area contributed by atoms with Gasteiger partial charge in [-0.3, -0.25) is 9.59 Å². The van der Waals surface area contributed by atoms with Crippen LogP contribution in [0.1, 0.15) is 31.0 Å². The topological polar surface area (TPSA) is 67.9 Å². The van der Waals surface area contributed by atoms with E-state index >= 15 is 0 Å². The molecule has 3 aromatic rings. The Hall–Kier alpha value is -3.80. The van der Waals surface area contributed by atoms with Crippen LogP contribution < -0.4 is 14.8 Å². The van der Waals surface area contributed by atoms with Gasteiger partial charge in [-0.05, 0) is 41.3 Å². The third-order valence-electron chi connectivity index (χ3n) is 5.30. The van der Waals surface area contributed by atoms with Crippen molar-refractivity contribution in [2.45, 2.75) is 26.4 Å². The molecule has 2 amide bonds. The average molecular weight is 461 g/mol. The SMILES string of the molecule is COc1ccc(CN(C(=O)COc2ccccc2)[C@H](C(=O)NCC(C)C)c2ccccc2)cc1. The number of methoxy groups -OCH3 is 1. The van der Waals surface area contributed by atoms with Gasteiger partial charge in [0.2, 0.25) is 5.91 Å². The first-order valence-electron chi connectivity index (χ1n) is 11.4. The molecule has 6 nitrogen and oxygen atoms in total. The quantitative estimate of drug-likeness (QED) is 0.454. The van der Waals surface area contributed by atoms with Gasteiger partial charge in [0.05, 0.1) is 7.11 Å². The molecule has 34 heavy (non-hydrogen) atoms. The van der Waals surface area contributed by atoms with Gasteiger partial charge >= 0.3 is 0 Å². The predicted octanol–water partition coefficient (Wildman–Crippen LogP) is 4.62. The van der Waals surface area contributed by atoms with E-state index in [2.05, 4.69) is 5.32 Å². The third kappa shape index (κ3) is 7.10. The van der Waals surface area contributed by atoms with E-state index in [1.807, 2.05) is 86.6 Å². The van der Waals surface area contributed by atoms with Gasteiger partial charge in [0, 0.05) is 13.1 Å². The maximum atomic E-state index is 13.5. The van der Waals surface area contributed by atoms with Crippen LogP contribution in [-0.2, 0) is 16.1 Å². The molecule has 0 radical (unpaired) electrons. The lowest BCUT2D eigenvalue weighted by atomic mass is 10.0. The lowest BCUT2D eigenvalue weighted by Crippen LogP contribution is -2.45. The molecule has 0 spiro atoms. The third-order valence-corrected chi connectivity index (χ3v) is 5.30. The van der Waals surface area contributed by atoms with E-state index in [0.717, 1.165) is 16.9 Å². The van der Waals surface area contributed by atoms with E-state index in [0.29, 0.717) is 12.3 Å². The van der Waals surface area contributed by atoms with Gasteiger partial charge in [-0.25, -0.2) is 0 Å². The maximum absolute atomic E-state index is 13.5. The minimum Gasteiger partial charge on any atom is -0.497 e. The standard InChI is InChI=1S/C28H32N2O4/c1-21(2)18-29-28(32)27(23-10-6-4-7-11-23)30(19-22-14-16-24(33-3)17-15-22)26(31)20-34-25-12-8-5-9-13-25/h4-17,21,27H,18-20H2,1-3H3,(H,29,32)/t27-/m0/s1. The summed E-state index contributed by atoms with van der Waals surface area (Å²) in [4.78, 5) is 28.5. The van der Waals surface area contributed by atoms with Gasteiger partial charge in [-0.2, -0.15) is 0 Å². The molecule has 0 fully saturated rings. The number of rotatable bonds is 11. The van der Waals surface area contributed by atoms with Gasteiger partial charge in [0.15, 0.2) is 6.61 Å². The summed E-state index contributed by atoms with van der Waals surface area (Å²) >= 11 is 0. The Morgan fingerprint density at radius 1 is 0.853 bits per heavy atom. The van der Waals surface area contributed by atoms with Crippen LogP contribution >= 0.6 is 0 Å². The fourth-order valence-corrected chi connectivity index (χ4v) is 3.51. The Morgan fingerprint density at radius 2 is 1.47 bits per heavy atom. The van der Waals surface area contributed by atoms with Gasteiger partial charge in [0.25, 0.3) is 5.91 Å². The highest BCUT2D eigenvalue weighted by molar-refractivity contribution is 5.89. The molecule has 6 heteroatoms. The Morgan fingerprint density at radius 3 is 2.06 bits per heavy atom. The highest BCUT2D eigenvalue weighted by atomic mass is 16.5. The van der Waals surface area contributed by atoms with Gasteiger partial charge in [0.1, 0.15) is 17.5 Å². The molecule has 0 unspecified atom stereocenters. The van der Waals surface area contributed by atoms with Crippen molar-refractivity contribution in [3.63, 3.8) is 0 Å². The van der Waals surface area contributed by atoms with Gasteiger partial charge < -0.3 is 19.7 Å². The highest BCUT2D eigenvalue weighted by Crippen LogP contribution is 2.25. The van der Waals surface area contributed by atoms with Crippen molar-refractivity contribution in [1.82, 2.24) is 10.2 Å². The summed E-state index contributed by atoms with van der Waals surface area (Å²) < 4.78 is 11.0. The monoisotopic (exact) mass is 460 g/mol. The summed E-state index contributed by atoms with van der Waals surface area (Å²) in [6.45, 7) is 4.65. The molecule has 0 aliphatic heterocycles. The van der Waals surface area contributed by atoms with Crippen LogP contribution in [-0.4, -0.2) is 37.0 Å². The second-order valence-electron chi connectivity index (χ2n) is 8.42. The van der Waals surface area contributed by atoms with Crippen molar-refractivity contribution in [3.8, 4) is 11.5 Å². The number of carbonyl (C=O) groups excluding carboxylic acids is 2. The van der Waals surface area contributed by atoms with Crippen molar-refractivity contribution < 1.29 is 19.1 Å². The first-order chi connectivity index (χ1) is 16.5. The van der Waals surface area contributed by atoms with Crippen LogP contribution in [0.2, 0.25) is 0 Å². The summed E-state index contributed by atoms with van der Waals surface area (Å²) in [5, 5.41) is 3.00. The predicted molar refractivity (Wildman–Crippen MR) is 133 cm³/mol. The number of nitrogens with zero attached hydrogens (tertiary/aromatic N) is 1. The molecule has 178 valence electrons. The molecular weight excluding hydrogens is 428 g/mol. The van der Waals surface area contributed by atoms with Crippen molar-refractivity contribution in [3.05, 3.63) is 96.1 Å². The summed E-state index contributed by atoms with van der Waals surface area (Å²) in [6, 6.07) is 25.2. The van der Waals surface area contributed by atoms with E-state index in [4.69, 9.17) is 9.47 Å². The molecule has 1 atom stereocenters. The Balaban J connectivity index is 1.92. The molecule has 0 heterocycles. The van der Waals surface area contributed by atoms with E-state index in [-0.39, 0.29) is 30.9 Å². The fraction of sp³-hybridized carbons (Fsp3) is 0.286. The maximum Gasteiger partial charge on any atom is 0.261 e. The first-order valence-corrected chi connectivity index (χ1v) is 11.4. The zero-order chi connectivity index (χ0) is 24.3. The van der Waals surface area contributed by atoms with Crippen LogP contribution in [0.3, 0.4) is 0 Å².